The summed E-state index contributed by atoms with van der Waals surface area (Å²) in [7, 11) is 1.96. The van der Waals surface area contributed by atoms with Gasteiger partial charge in [0.2, 0.25) is 0 Å². The summed E-state index contributed by atoms with van der Waals surface area (Å²) in [5.74, 6) is 0.233. The summed E-state index contributed by atoms with van der Waals surface area (Å²) in [6, 6.07) is 4.56. The van der Waals surface area contributed by atoms with Gasteiger partial charge in [0, 0.05) is 18.7 Å². The Bertz CT molecular complexity index is 473. The molecular weight excluding hydrogens is 323 g/mol. The molecule has 0 radical (unpaired) electrons. The monoisotopic (exact) mass is 342 g/mol. The number of nitrogens with one attached hydrogen (secondary N) is 1. The number of halogens is 2. The highest BCUT2D eigenvalue weighted by Crippen LogP contribution is 2.23. The summed E-state index contributed by atoms with van der Waals surface area (Å²) in [5, 5.41) is 3.16. The van der Waals surface area contributed by atoms with Crippen molar-refractivity contribution in [3.8, 4) is 0 Å². The van der Waals surface area contributed by atoms with E-state index in [2.05, 4.69) is 21.2 Å². The van der Waals surface area contributed by atoms with Crippen molar-refractivity contribution < 1.29 is 9.18 Å². The Morgan fingerprint density at radius 3 is 2.75 bits per heavy atom. The van der Waals surface area contributed by atoms with Crippen LogP contribution < -0.4 is 5.32 Å². The molecular formula is C15H20BrFN2O. The van der Waals surface area contributed by atoms with Crippen LogP contribution in [-0.4, -0.2) is 37.5 Å². The fourth-order valence-corrected chi connectivity index (χ4v) is 2.83. The highest BCUT2D eigenvalue weighted by molar-refractivity contribution is 9.10. The van der Waals surface area contributed by atoms with Crippen molar-refractivity contribution >= 4 is 21.8 Å². The van der Waals surface area contributed by atoms with Crippen molar-refractivity contribution in [2.24, 2.45) is 5.92 Å². The maximum Gasteiger partial charge on any atom is 0.253 e. The third kappa shape index (κ3) is 3.79. The smallest absolute Gasteiger partial charge is 0.253 e. The average Bonchev–Trinajstić information content (AvgIpc) is 2.48. The van der Waals surface area contributed by atoms with E-state index in [0.717, 1.165) is 38.9 Å². The molecule has 3 nitrogen and oxygen atoms in total. The van der Waals surface area contributed by atoms with Gasteiger partial charge in [0.25, 0.3) is 5.91 Å². The molecule has 0 unspecified atom stereocenters. The molecule has 0 spiro atoms. The molecule has 1 aliphatic rings. The number of hydrogen-bond acceptors (Lipinski definition) is 2. The van der Waals surface area contributed by atoms with E-state index in [1.165, 1.54) is 6.07 Å². The van der Waals surface area contributed by atoms with Crippen LogP contribution in [0.4, 0.5) is 4.39 Å². The maximum atomic E-state index is 13.5. The number of nitrogens with zero attached hydrogens (tertiary/aromatic N) is 1. The maximum absolute atomic E-state index is 13.5. The van der Waals surface area contributed by atoms with Crippen molar-refractivity contribution in [1.82, 2.24) is 10.2 Å². The van der Waals surface area contributed by atoms with Crippen LogP contribution in [0.15, 0.2) is 22.7 Å². The Morgan fingerprint density at radius 2 is 2.15 bits per heavy atom. The molecule has 20 heavy (non-hydrogen) atoms. The van der Waals surface area contributed by atoms with Gasteiger partial charge in [-0.1, -0.05) is 0 Å². The molecule has 1 aromatic carbocycles. The Balaban J connectivity index is 1.92. The van der Waals surface area contributed by atoms with Gasteiger partial charge in [0.05, 0.1) is 4.47 Å². The second-order valence-electron chi connectivity index (χ2n) is 5.26. The van der Waals surface area contributed by atoms with Gasteiger partial charge in [-0.2, -0.15) is 0 Å². The standard InChI is InChI=1S/C15H20BrFN2O/c1-18-7-4-11-5-8-19(9-6-11)15(20)12-2-3-13(16)14(17)10-12/h2-3,10-11,18H,4-9H2,1H3. The zero-order valence-electron chi connectivity index (χ0n) is 11.7. The van der Waals surface area contributed by atoms with E-state index in [1.807, 2.05) is 11.9 Å². The van der Waals surface area contributed by atoms with Crippen LogP contribution in [-0.2, 0) is 0 Å². The quantitative estimate of drug-likeness (QED) is 0.911. The highest BCUT2D eigenvalue weighted by atomic mass is 79.9. The van der Waals surface area contributed by atoms with Gasteiger partial charge in [-0.05, 0) is 72.9 Å². The fourth-order valence-electron chi connectivity index (χ4n) is 2.58. The Morgan fingerprint density at radius 1 is 1.45 bits per heavy atom. The number of carbonyl (C=O) groups is 1. The van der Waals surface area contributed by atoms with Gasteiger partial charge >= 0.3 is 0 Å². The molecule has 2 rings (SSSR count). The van der Waals surface area contributed by atoms with E-state index >= 15 is 0 Å². The van der Waals surface area contributed by atoms with Gasteiger partial charge in [-0.3, -0.25) is 4.79 Å². The second kappa shape index (κ2) is 7.18. The Labute approximate surface area is 127 Å². The molecule has 1 heterocycles. The van der Waals surface area contributed by atoms with Crippen molar-refractivity contribution in [1.29, 1.82) is 0 Å². The van der Waals surface area contributed by atoms with Crippen LogP contribution in [0.2, 0.25) is 0 Å². The van der Waals surface area contributed by atoms with Crippen LogP contribution in [0.1, 0.15) is 29.6 Å². The van der Waals surface area contributed by atoms with E-state index in [4.69, 9.17) is 0 Å². The van der Waals surface area contributed by atoms with Crippen molar-refractivity contribution in [3.63, 3.8) is 0 Å². The number of carbonyl (C=O) groups excluding carboxylic acids is 1. The third-order valence-electron chi connectivity index (χ3n) is 3.87. The minimum atomic E-state index is -0.389. The minimum Gasteiger partial charge on any atom is -0.339 e. The lowest BCUT2D eigenvalue weighted by molar-refractivity contribution is 0.0686. The Hall–Kier alpha value is -0.940. The van der Waals surface area contributed by atoms with E-state index < -0.39 is 0 Å². The molecule has 1 fully saturated rings. The summed E-state index contributed by atoms with van der Waals surface area (Å²) in [4.78, 5) is 14.1. The number of hydrogen-bond donors (Lipinski definition) is 1. The fraction of sp³-hybridized carbons (Fsp3) is 0.533. The van der Waals surface area contributed by atoms with Crippen LogP contribution >= 0.6 is 15.9 Å². The summed E-state index contributed by atoms with van der Waals surface area (Å²) >= 11 is 3.10. The molecule has 110 valence electrons. The van der Waals surface area contributed by atoms with Gasteiger partial charge in [-0.25, -0.2) is 4.39 Å². The number of amides is 1. The first-order valence-electron chi connectivity index (χ1n) is 7.00. The van der Waals surface area contributed by atoms with Crippen LogP contribution in [0.3, 0.4) is 0 Å². The molecule has 0 aliphatic carbocycles. The molecule has 0 bridgehead atoms. The van der Waals surface area contributed by atoms with Crippen molar-refractivity contribution in [3.05, 3.63) is 34.1 Å². The van der Waals surface area contributed by atoms with Crippen molar-refractivity contribution in [2.45, 2.75) is 19.3 Å². The average molecular weight is 343 g/mol. The predicted octanol–water partition coefficient (Wildman–Crippen LogP) is 3.05. The lowest BCUT2D eigenvalue weighted by Crippen LogP contribution is -2.39. The SMILES string of the molecule is CNCCC1CCN(C(=O)c2ccc(Br)c(F)c2)CC1. The van der Waals surface area contributed by atoms with Gasteiger partial charge in [-0.15, -0.1) is 0 Å². The molecule has 1 aromatic rings. The van der Waals surface area contributed by atoms with E-state index in [0.29, 0.717) is 16.0 Å². The molecule has 1 N–H and O–H groups in total. The van der Waals surface area contributed by atoms with E-state index in [9.17, 15) is 9.18 Å². The number of rotatable bonds is 4. The number of likely N-dealkylation sites (tertiary alicyclic amines) is 1. The van der Waals surface area contributed by atoms with Gasteiger partial charge in [0.15, 0.2) is 0 Å². The van der Waals surface area contributed by atoms with Crippen molar-refractivity contribution in [2.75, 3.05) is 26.7 Å². The van der Waals surface area contributed by atoms with Gasteiger partial charge in [0.1, 0.15) is 5.82 Å². The van der Waals surface area contributed by atoms with Crippen LogP contribution in [0, 0.1) is 11.7 Å². The lowest BCUT2D eigenvalue weighted by atomic mass is 9.93. The molecule has 1 amide bonds. The summed E-state index contributed by atoms with van der Waals surface area (Å²) in [6.07, 6.45) is 3.23. The molecule has 0 saturated carbocycles. The van der Waals surface area contributed by atoms with Crippen LogP contribution in [0.5, 0.6) is 0 Å². The highest BCUT2D eigenvalue weighted by Gasteiger charge is 2.23. The van der Waals surface area contributed by atoms with Gasteiger partial charge < -0.3 is 10.2 Å². The minimum absolute atomic E-state index is 0.0662. The molecule has 0 atom stereocenters. The van der Waals surface area contributed by atoms with E-state index in [1.54, 1.807) is 12.1 Å². The first kappa shape index (κ1) is 15.4. The zero-order valence-corrected chi connectivity index (χ0v) is 13.2. The van der Waals surface area contributed by atoms with Crippen LogP contribution in [0.25, 0.3) is 0 Å². The largest absolute Gasteiger partial charge is 0.339 e. The normalized spacial score (nSPS) is 16.4. The zero-order chi connectivity index (χ0) is 14.5. The molecule has 5 heteroatoms. The third-order valence-corrected chi connectivity index (χ3v) is 4.51. The summed E-state index contributed by atoms with van der Waals surface area (Å²) < 4.78 is 13.9. The first-order valence-corrected chi connectivity index (χ1v) is 7.80. The lowest BCUT2D eigenvalue weighted by Gasteiger charge is -2.32. The molecule has 1 aliphatic heterocycles. The summed E-state index contributed by atoms with van der Waals surface area (Å²) in [5.41, 5.74) is 0.430. The second-order valence-corrected chi connectivity index (χ2v) is 6.11. The topological polar surface area (TPSA) is 32.3 Å². The van der Waals surface area contributed by atoms with E-state index in [-0.39, 0.29) is 11.7 Å². The summed E-state index contributed by atoms with van der Waals surface area (Å²) in [6.45, 7) is 2.56. The number of piperidine rings is 1. The molecule has 1 saturated heterocycles. The molecule has 0 aromatic heterocycles. The number of benzene rings is 1. The predicted molar refractivity (Wildman–Crippen MR) is 81.3 cm³/mol. The Kier molecular flexibility index (Phi) is 5.54. The first-order chi connectivity index (χ1) is 9.61.